The van der Waals surface area contributed by atoms with E-state index in [0.29, 0.717) is 12.2 Å². The Balaban J connectivity index is 2.70. The van der Waals surface area contributed by atoms with E-state index >= 15 is 0 Å². The van der Waals surface area contributed by atoms with Crippen molar-refractivity contribution in [1.29, 1.82) is 0 Å². The van der Waals surface area contributed by atoms with E-state index in [1.165, 1.54) is 7.11 Å². The number of aliphatic carboxylic acids is 1. The summed E-state index contributed by atoms with van der Waals surface area (Å²) in [7, 11) is 1.38. The molecule has 0 aliphatic rings. The number of benzene rings is 1. The number of hydrogen-bond donors (Lipinski definition) is 2. The SMILES string of the molecule is CCC(Oc1cccc(C)c1)C(=O)NC(COC)C(=O)O. The molecule has 0 spiro atoms. The predicted octanol–water partition coefficient (Wildman–Crippen LogP) is 1.37. The lowest BCUT2D eigenvalue weighted by atomic mass is 10.2. The minimum Gasteiger partial charge on any atom is -0.481 e. The van der Waals surface area contributed by atoms with Crippen molar-refractivity contribution in [2.24, 2.45) is 0 Å². The highest BCUT2D eigenvalue weighted by atomic mass is 16.5. The summed E-state index contributed by atoms with van der Waals surface area (Å²) in [4.78, 5) is 23.1. The molecule has 0 aromatic heterocycles. The third-order valence-electron chi connectivity index (χ3n) is 2.88. The smallest absolute Gasteiger partial charge is 0.328 e. The van der Waals surface area contributed by atoms with E-state index in [0.717, 1.165) is 5.56 Å². The molecule has 6 nitrogen and oxygen atoms in total. The molecule has 0 aliphatic carbocycles. The van der Waals surface area contributed by atoms with Gasteiger partial charge in [-0.3, -0.25) is 4.79 Å². The first-order chi connectivity index (χ1) is 9.97. The fourth-order valence-electron chi connectivity index (χ4n) is 1.78. The molecule has 2 unspecified atom stereocenters. The number of ether oxygens (including phenoxy) is 2. The fourth-order valence-corrected chi connectivity index (χ4v) is 1.78. The van der Waals surface area contributed by atoms with Gasteiger partial charge in [-0.2, -0.15) is 0 Å². The molecule has 0 radical (unpaired) electrons. The monoisotopic (exact) mass is 295 g/mol. The molecule has 0 saturated heterocycles. The van der Waals surface area contributed by atoms with Gasteiger partial charge >= 0.3 is 5.97 Å². The number of amides is 1. The summed E-state index contributed by atoms with van der Waals surface area (Å²) in [5.74, 6) is -1.03. The van der Waals surface area contributed by atoms with Crippen LogP contribution in [0.5, 0.6) is 5.75 Å². The van der Waals surface area contributed by atoms with Crippen LogP contribution in [0.2, 0.25) is 0 Å². The van der Waals surface area contributed by atoms with Gasteiger partial charge < -0.3 is 19.9 Å². The highest BCUT2D eigenvalue weighted by Gasteiger charge is 2.25. The lowest BCUT2D eigenvalue weighted by Gasteiger charge is -2.20. The summed E-state index contributed by atoms with van der Waals surface area (Å²) in [5, 5.41) is 11.4. The third kappa shape index (κ3) is 5.43. The molecule has 2 atom stereocenters. The summed E-state index contributed by atoms with van der Waals surface area (Å²) in [6, 6.07) is 6.25. The lowest BCUT2D eigenvalue weighted by Crippen LogP contribution is -2.49. The van der Waals surface area contributed by atoms with Crippen LogP contribution in [0.1, 0.15) is 18.9 Å². The average molecular weight is 295 g/mol. The lowest BCUT2D eigenvalue weighted by molar-refractivity contribution is -0.144. The number of nitrogens with one attached hydrogen (secondary N) is 1. The van der Waals surface area contributed by atoms with Crippen molar-refractivity contribution >= 4 is 11.9 Å². The molecule has 21 heavy (non-hydrogen) atoms. The van der Waals surface area contributed by atoms with Gasteiger partial charge in [-0.05, 0) is 31.0 Å². The van der Waals surface area contributed by atoms with Crippen molar-refractivity contribution in [3.05, 3.63) is 29.8 Å². The van der Waals surface area contributed by atoms with E-state index in [4.69, 9.17) is 14.6 Å². The van der Waals surface area contributed by atoms with Gasteiger partial charge in [0.25, 0.3) is 5.91 Å². The predicted molar refractivity (Wildman–Crippen MR) is 77.3 cm³/mol. The Morgan fingerprint density at radius 3 is 2.62 bits per heavy atom. The molecule has 0 fully saturated rings. The van der Waals surface area contributed by atoms with Crippen molar-refractivity contribution in [3.63, 3.8) is 0 Å². The molecule has 2 N–H and O–H groups in total. The maximum atomic E-state index is 12.1. The Morgan fingerprint density at radius 2 is 2.10 bits per heavy atom. The summed E-state index contributed by atoms with van der Waals surface area (Å²) in [6.45, 7) is 3.63. The number of carboxylic acid groups (broad SMARTS) is 1. The van der Waals surface area contributed by atoms with Crippen LogP contribution in [0.3, 0.4) is 0 Å². The van der Waals surface area contributed by atoms with Crippen LogP contribution in [0, 0.1) is 6.92 Å². The van der Waals surface area contributed by atoms with Gasteiger partial charge in [-0.1, -0.05) is 19.1 Å². The Kier molecular flexibility index (Phi) is 6.68. The maximum absolute atomic E-state index is 12.1. The summed E-state index contributed by atoms with van der Waals surface area (Å²) in [5.41, 5.74) is 1.02. The van der Waals surface area contributed by atoms with Crippen molar-refractivity contribution in [2.45, 2.75) is 32.4 Å². The van der Waals surface area contributed by atoms with Crippen molar-refractivity contribution in [1.82, 2.24) is 5.32 Å². The zero-order valence-corrected chi connectivity index (χ0v) is 12.5. The molecule has 1 aromatic rings. The molecule has 1 aromatic carbocycles. The first-order valence-corrected chi connectivity index (χ1v) is 6.73. The first kappa shape index (κ1) is 17.0. The first-order valence-electron chi connectivity index (χ1n) is 6.73. The molecule has 6 heteroatoms. The van der Waals surface area contributed by atoms with Crippen LogP contribution < -0.4 is 10.1 Å². The summed E-state index contributed by atoms with van der Waals surface area (Å²) >= 11 is 0. The number of rotatable bonds is 8. The average Bonchev–Trinajstić information content (AvgIpc) is 2.44. The highest BCUT2D eigenvalue weighted by molar-refractivity contribution is 5.86. The van der Waals surface area contributed by atoms with Gasteiger partial charge in [-0.25, -0.2) is 4.79 Å². The number of carbonyl (C=O) groups is 2. The van der Waals surface area contributed by atoms with Gasteiger partial charge in [0.1, 0.15) is 5.75 Å². The number of methoxy groups -OCH3 is 1. The Hall–Kier alpha value is -2.08. The zero-order valence-electron chi connectivity index (χ0n) is 12.5. The van der Waals surface area contributed by atoms with Crippen molar-refractivity contribution in [3.8, 4) is 5.75 Å². The minimum absolute atomic E-state index is 0.0953. The Labute approximate surface area is 124 Å². The van der Waals surface area contributed by atoms with E-state index < -0.39 is 24.0 Å². The molecule has 0 heterocycles. The van der Waals surface area contributed by atoms with Crippen LogP contribution in [-0.4, -0.2) is 42.8 Å². The van der Waals surface area contributed by atoms with Gasteiger partial charge in [0, 0.05) is 7.11 Å². The minimum atomic E-state index is -1.14. The summed E-state index contributed by atoms with van der Waals surface area (Å²) in [6.07, 6.45) is -0.315. The topological polar surface area (TPSA) is 84.9 Å². The van der Waals surface area contributed by atoms with E-state index in [1.807, 2.05) is 25.1 Å². The normalized spacial score (nSPS) is 13.3. The molecule has 116 valence electrons. The number of hydrogen-bond acceptors (Lipinski definition) is 4. The van der Waals surface area contributed by atoms with Crippen molar-refractivity contribution in [2.75, 3.05) is 13.7 Å². The second-order valence-electron chi connectivity index (χ2n) is 4.69. The van der Waals surface area contributed by atoms with Crippen molar-refractivity contribution < 1.29 is 24.2 Å². The van der Waals surface area contributed by atoms with Crippen LogP contribution in [0.15, 0.2) is 24.3 Å². The van der Waals surface area contributed by atoms with E-state index in [9.17, 15) is 9.59 Å². The summed E-state index contributed by atoms with van der Waals surface area (Å²) < 4.78 is 10.4. The van der Waals surface area contributed by atoms with Gasteiger partial charge in [-0.15, -0.1) is 0 Å². The highest BCUT2D eigenvalue weighted by Crippen LogP contribution is 2.15. The molecular weight excluding hydrogens is 274 g/mol. The van der Waals surface area contributed by atoms with Crippen LogP contribution in [0.25, 0.3) is 0 Å². The Morgan fingerprint density at radius 1 is 1.38 bits per heavy atom. The maximum Gasteiger partial charge on any atom is 0.328 e. The van der Waals surface area contributed by atoms with Crippen LogP contribution in [-0.2, 0) is 14.3 Å². The van der Waals surface area contributed by atoms with Crippen LogP contribution in [0.4, 0.5) is 0 Å². The Bertz CT molecular complexity index is 489. The fraction of sp³-hybridized carbons (Fsp3) is 0.467. The van der Waals surface area contributed by atoms with Crippen LogP contribution >= 0.6 is 0 Å². The van der Waals surface area contributed by atoms with Gasteiger partial charge in [0.05, 0.1) is 6.61 Å². The largest absolute Gasteiger partial charge is 0.481 e. The second-order valence-corrected chi connectivity index (χ2v) is 4.69. The van der Waals surface area contributed by atoms with Gasteiger partial charge in [0.15, 0.2) is 12.1 Å². The van der Waals surface area contributed by atoms with E-state index in [-0.39, 0.29) is 6.61 Å². The third-order valence-corrected chi connectivity index (χ3v) is 2.88. The molecule has 0 aliphatic heterocycles. The zero-order chi connectivity index (χ0) is 15.8. The van der Waals surface area contributed by atoms with E-state index in [2.05, 4.69) is 5.32 Å². The standard InChI is InChI=1S/C15H21NO5/c1-4-13(21-11-7-5-6-10(2)8-11)14(17)16-12(9-20-3)15(18)19/h5-8,12-13H,4,9H2,1-3H3,(H,16,17)(H,18,19). The molecule has 0 saturated carbocycles. The number of carbonyl (C=O) groups excluding carboxylic acids is 1. The molecule has 1 rings (SSSR count). The van der Waals surface area contributed by atoms with E-state index in [1.54, 1.807) is 13.0 Å². The molecular formula is C15H21NO5. The second kappa shape index (κ2) is 8.26. The number of carboxylic acids is 1. The quantitative estimate of drug-likeness (QED) is 0.756. The number of aryl methyl sites for hydroxylation is 1. The van der Waals surface area contributed by atoms with Gasteiger partial charge in [0.2, 0.25) is 0 Å². The molecule has 0 bridgehead atoms. The molecule has 1 amide bonds.